The molecule has 1 atom stereocenters. The summed E-state index contributed by atoms with van der Waals surface area (Å²) in [7, 11) is -3.35. The van der Waals surface area contributed by atoms with Crippen LogP contribution in [0.2, 0.25) is 0 Å². The molecular formula is C11H17NO2S. The first-order valence-corrected chi connectivity index (χ1v) is 6.53. The van der Waals surface area contributed by atoms with E-state index in [-0.39, 0.29) is 6.04 Å². The van der Waals surface area contributed by atoms with E-state index in [2.05, 4.69) is 4.72 Å². The van der Waals surface area contributed by atoms with Crippen LogP contribution in [0, 0.1) is 6.92 Å². The van der Waals surface area contributed by atoms with Gasteiger partial charge in [0.1, 0.15) is 0 Å². The van der Waals surface area contributed by atoms with Crippen molar-refractivity contribution in [2.45, 2.75) is 38.1 Å². The van der Waals surface area contributed by atoms with Gasteiger partial charge in [0, 0.05) is 6.04 Å². The Bertz CT molecular complexity index is 426. The van der Waals surface area contributed by atoms with Crippen LogP contribution in [0.4, 0.5) is 0 Å². The zero-order valence-electron chi connectivity index (χ0n) is 9.32. The summed E-state index contributed by atoms with van der Waals surface area (Å²) in [6.07, 6.45) is 0.783. The third kappa shape index (κ3) is 3.04. The molecule has 1 aromatic rings. The Morgan fingerprint density at radius 3 is 2.47 bits per heavy atom. The van der Waals surface area contributed by atoms with Crippen molar-refractivity contribution in [1.29, 1.82) is 0 Å². The van der Waals surface area contributed by atoms with Crippen LogP contribution in [0.25, 0.3) is 0 Å². The van der Waals surface area contributed by atoms with E-state index in [0.717, 1.165) is 12.0 Å². The number of aryl methyl sites for hydroxylation is 1. The normalized spacial score (nSPS) is 13.8. The summed E-state index contributed by atoms with van der Waals surface area (Å²) in [5.41, 5.74) is 0.772. The smallest absolute Gasteiger partial charge is 0.208 e. The Labute approximate surface area is 91.6 Å². The van der Waals surface area contributed by atoms with Crippen LogP contribution in [0.15, 0.2) is 29.2 Å². The molecule has 0 heterocycles. The molecule has 1 N–H and O–H groups in total. The van der Waals surface area contributed by atoms with Crippen LogP contribution in [-0.4, -0.2) is 14.5 Å². The van der Waals surface area contributed by atoms with Crippen molar-refractivity contribution < 1.29 is 8.42 Å². The highest BCUT2D eigenvalue weighted by Gasteiger charge is 2.17. The number of hydrogen-bond acceptors (Lipinski definition) is 2. The maximum absolute atomic E-state index is 11.9. The minimum atomic E-state index is -3.35. The average Bonchev–Trinajstić information content (AvgIpc) is 2.17. The minimum Gasteiger partial charge on any atom is -0.208 e. The zero-order valence-corrected chi connectivity index (χ0v) is 10.1. The summed E-state index contributed by atoms with van der Waals surface area (Å²) < 4.78 is 26.5. The molecule has 84 valence electrons. The first-order valence-electron chi connectivity index (χ1n) is 5.05. The number of sulfonamides is 1. The van der Waals surface area contributed by atoms with Crippen LogP contribution < -0.4 is 4.72 Å². The Morgan fingerprint density at radius 1 is 1.33 bits per heavy atom. The van der Waals surface area contributed by atoms with Crippen LogP contribution in [0.3, 0.4) is 0 Å². The lowest BCUT2D eigenvalue weighted by atomic mass is 10.2. The Morgan fingerprint density at radius 2 is 1.93 bits per heavy atom. The lowest BCUT2D eigenvalue weighted by molar-refractivity contribution is 0.555. The van der Waals surface area contributed by atoms with Gasteiger partial charge in [-0.1, -0.05) is 25.1 Å². The molecule has 0 aromatic heterocycles. The van der Waals surface area contributed by atoms with Gasteiger partial charge in [-0.3, -0.25) is 0 Å². The third-order valence-corrected chi connectivity index (χ3v) is 4.10. The fourth-order valence-corrected chi connectivity index (χ4v) is 2.84. The molecule has 0 aliphatic heterocycles. The summed E-state index contributed by atoms with van der Waals surface area (Å²) in [5, 5.41) is 0. The van der Waals surface area contributed by atoms with Crippen molar-refractivity contribution in [3.05, 3.63) is 29.8 Å². The fourth-order valence-electron chi connectivity index (χ4n) is 1.27. The van der Waals surface area contributed by atoms with Gasteiger partial charge in [-0.25, -0.2) is 13.1 Å². The van der Waals surface area contributed by atoms with Crippen molar-refractivity contribution in [3.8, 4) is 0 Å². The zero-order chi connectivity index (χ0) is 11.5. The van der Waals surface area contributed by atoms with Crippen molar-refractivity contribution in [3.63, 3.8) is 0 Å². The highest BCUT2D eigenvalue weighted by atomic mass is 32.2. The van der Waals surface area contributed by atoms with E-state index in [1.54, 1.807) is 25.1 Å². The molecule has 15 heavy (non-hydrogen) atoms. The molecule has 0 fully saturated rings. The van der Waals surface area contributed by atoms with Crippen molar-refractivity contribution in [2.24, 2.45) is 0 Å². The van der Waals surface area contributed by atoms with Crippen LogP contribution in [0.5, 0.6) is 0 Å². The predicted molar refractivity (Wildman–Crippen MR) is 61.3 cm³/mol. The SMILES string of the molecule is CCC(C)NS(=O)(=O)c1ccccc1C. The summed E-state index contributed by atoms with van der Waals surface area (Å²) in [5.74, 6) is 0. The van der Waals surface area contributed by atoms with Crippen molar-refractivity contribution in [1.82, 2.24) is 4.72 Å². The molecule has 3 nitrogen and oxygen atoms in total. The number of benzene rings is 1. The quantitative estimate of drug-likeness (QED) is 0.856. The maximum Gasteiger partial charge on any atom is 0.241 e. The van der Waals surface area contributed by atoms with Crippen molar-refractivity contribution in [2.75, 3.05) is 0 Å². The van der Waals surface area contributed by atoms with Gasteiger partial charge in [0.05, 0.1) is 4.90 Å². The summed E-state index contributed by atoms with van der Waals surface area (Å²) in [4.78, 5) is 0.366. The van der Waals surface area contributed by atoms with E-state index in [0.29, 0.717) is 4.90 Å². The highest BCUT2D eigenvalue weighted by Crippen LogP contribution is 2.14. The molecule has 0 radical (unpaired) electrons. The molecule has 1 unspecified atom stereocenters. The van der Waals surface area contributed by atoms with Crippen LogP contribution in [0.1, 0.15) is 25.8 Å². The van der Waals surface area contributed by atoms with Gasteiger partial charge < -0.3 is 0 Å². The molecular weight excluding hydrogens is 210 g/mol. The Hall–Kier alpha value is -0.870. The number of hydrogen-bond donors (Lipinski definition) is 1. The lowest BCUT2D eigenvalue weighted by Gasteiger charge is -2.13. The minimum absolute atomic E-state index is 0.0328. The number of nitrogens with one attached hydrogen (secondary N) is 1. The van der Waals surface area contributed by atoms with E-state index < -0.39 is 10.0 Å². The standard InChI is InChI=1S/C11H17NO2S/c1-4-10(3)12-15(13,14)11-8-6-5-7-9(11)2/h5-8,10,12H,4H2,1-3H3. The summed E-state index contributed by atoms with van der Waals surface area (Å²) in [6.45, 7) is 5.60. The molecule has 0 amide bonds. The molecule has 1 aromatic carbocycles. The molecule has 0 spiro atoms. The largest absolute Gasteiger partial charge is 0.241 e. The van der Waals surface area contributed by atoms with Crippen molar-refractivity contribution >= 4 is 10.0 Å². The summed E-state index contributed by atoms with van der Waals surface area (Å²) in [6, 6.07) is 6.95. The molecule has 4 heteroatoms. The first-order chi connectivity index (χ1) is 6.97. The lowest BCUT2D eigenvalue weighted by Crippen LogP contribution is -2.32. The van der Waals surface area contributed by atoms with Gasteiger partial charge in [-0.05, 0) is 31.9 Å². The van der Waals surface area contributed by atoms with E-state index in [1.165, 1.54) is 0 Å². The molecule has 1 rings (SSSR count). The van der Waals surface area contributed by atoms with Crippen LogP contribution in [-0.2, 0) is 10.0 Å². The second-order valence-electron chi connectivity index (χ2n) is 3.70. The van der Waals surface area contributed by atoms with Gasteiger partial charge in [-0.15, -0.1) is 0 Å². The topological polar surface area (TPSA) is 46.2 Å². The maximum atomic E-state index is 11.9. The number of rotatable bonds is 4. The molecule has 0 saturated carbocycles. The van der Waals surface area contributed by atoms with E-state index in [1.807, 2.05) is 19.9 Å². The van der Waals surface area contributed by atoms with Gasteiger partial charge in [0.25, 0.3) is 0 Å². The van der Waals surface area contributed by atoms with E-state index in [4.69, 9.17) is 0 Å². The van der Waals surface area contributed by atoms with Gasteiger partial charge >= 0.3 is 0 Å². The first kappa shape index (κ1) is 12.2. The predicted octanol–water partition coefficient (Wildman–Crippen LogP) is 2.07. The highest BCUT2D eigenvalue weighted by molar-refractivity contribution is 7.89. The second-order valence-corrected chi connectivity index (χ2v) is 5.38. The molecule has 0 saturated heterocycles. The molecule has 0 aliphatic rings. The average molecular weight is 227 g/mol. The van der Waals surface area contributed by atoms with Gasteiger partial charge in [0.2, 0.25) is 10.0 Å². The monoisotopic (exact) mass is 227 g/mol. The van der Waals surface area contributed by atoms with E-state index in [9.17, 15) is 8.42 Å². The van der Waals surface area contributed by atoms with E-state index >= 15 is 0 Å². The Kier molecular flexibility index (Phi) is 3.88. The van der Waals surface area contributed by atoms with Gasteiger partial charge in [-0.2, -0.15) is 0 Å². The summed E-state index contributed by atoms with van der Waals surface area (Å²) >= 11 is 0. The second kappa shape index (κ2) is 4.77. The molecule has 0 bridgehead atoms. The molecule has 0 aliphatic carbocycles. The fraction of sp³-hybridized carbons (Fsp3) is 0.455. The van der Waals surface area contributed by atoms with Crippen LogP contribution >= 0.6 is 0 Å². The van der Waals surface area contributed by atoms with Gasteiger partial charge in [0.15, 0.2) is 0 Å². The third-order valence-electron chi connectivity index (χ3n) is 2.35. The Balaban J connectivity index is 3.02.